The first-order valence-electron chi connectivity index (χ1n) is 7.72. The Morgan fingerprint density at radius 2 is 1.81 bits per heavy atom. The zero-order valence-electron chi connectivity index (χ0n) is 13.7. The van der Waals surface area contributed by atoms with Gasteiger partial charge in [-0.1, -0.05) is 44.2 Å². The van der Waals surface area contributed by atoms with Crippen LogP contribution in [0.25, 0.3) is 0 Å². The van der Waals surface area contributed by atoms with Crippen LogP contribution in [0.1, 0.15) is 39.7 Å². The molecule has 0 saturated heterocycles. The van der Waals surface area contributed by atoms with Gasteiger partial charge in [-0.05, 0) is 38.2 Å². The van der Waals surface area contributed by atoms with Crippen LogP contribution in [0.5, 0.6) is 0 Å². The maximum absolute atomic E-state index is 4.65. The van der Waals surface area contributed by atoms with E-state index in [0.717, 1.165) is 31.9 Å². The van der Waals surface area contributed by atoms with Crippen molar-refractivity contribution in [2.75, 3.05) is 13.1 Å². The van der Waals surface area contributed by atoms with Crippen LogP contribution in [0.3, 0.4) is 0 Å². The quantitative estimate of drug-likeness (QED) is 0.314. The molecule has 2 N–H and O–H groups in total. The van der Waals surface area contributed by atoms with Crippen molar-refractivity contribution in [2.24, 2.45) is 10.9 Å². The number of nitrogens with zero attached hydrogens (tertiary/aromatic N) is 1. The van der Waals surface area contributed by atoms with Crippen LogP contribution < -0.4 is 10.6 Å². The van der Waals surface area contributed by atoms with Crippen molar-refractivity contribution in [3.8, 4) is 0 Å². The van der Waals surface area contributed by atoms with Gasteiger partial charge in [-0.15, -0.1) is 24.0 Å². The molecule has 0 spiro atoms. The van der Waals surface area contributed by atoms with Gasteiger partial charge in [0.15, 0.2) is 5.96 Å². The van der Waals surface area contributed by atoms with E-state index in [1.54, 1.807) is 0 Å². The van der Waals surface area contributed by atoms with Gasteiger partial charge in [0.2, 0.25) is 0 Å². The largest absolute Gasteiger partial charge is 0.357 e. The molecule has 0 aliphatic heterocycles. The molecular weight excluding hydrogens is 373 g/mol. The summed E-state index contributed by atoms with van der Waals surface area (Å²) < 4.78 is 0. The summed E-state index contributed by atoms with van der Waals surface area (Å²) in [7, 11) is 0. The van der Waals surface area contributed by atoms with Crippen LogP contribution in [0.2, 0.25) is 0 Å². The average molecular weight is 403 g/mol. The summed E-state index contributed by atoms with van der Waals surface area (Å²) in [5.41, 5.74) is 1.39. The lowest BCUT2D eigenvalue weighted by molar-refractivity contribution is 0.481. The van der Waals surface area contributed by atoms with Crippen LogP contribution >= 0.6 is 24.0 Å². The lowest BCUT2D eigenvalue weighted by atomic mass is 10.1. The molecule has 1 aromatic rings. The molecule has 0 bridgehead atoms. The van der Waals surface area contributed by atoms with Gasteiger partial charge in [-0.2, -0.15) is 0 Å². The molecule has 1 unspecified atom stereocenters. The molecule has 1 atom stereocenters. The molecule has 120 valence electrons. The van der Waals surface area contributed by atoms with E-state index in [4.69, 9.17) is 0 Å². The molecule has 1 rings (SSSR count). The molecule has 4 heteroatoms. The van der Waals surface area contributed by atoms with Crippen molar-refractivity contribution >= 4 is 29.9 Å². The third kappa shape index (κ3) is 8.96. The zero-order valence-corrected chi connectivity index (χ0v) is 16.1. The van der Waals surface area contributed by atoms with Crippen LogP contribution in [0.4, 0.5) is 0 Å². The number of nitrogens with one attached hydrogen (secondary N) is 2. The Morgan fingerprint density at radius 1 is 1.14 bits per heavy atom. The SMILES string of the molecule is CCNC(=NCCCc1ccccc1)NC(C)C(C)C.I. The molecule has 0 saturated carbocycles. The third-order valence-corrected chi connectivity index (χ3v) is 3.44. The Kier molecular flexibility index (Phi) is 11.4. The molecule has 3 nitrogen and oxygen atoms in total. The molecule has 0 heterocycles. The Morgan fingerprint density at radius 3 is 2.38 bits per heavy atom. The van der Waals surface area contributed by atoms with Gasteiger partial charge in [-0.3, -0.25) is 4.99 Å². The second-order valence-corrected chi connectivity index (χ2v) is 5.53. The van der Waals surface area contributed by atoms with E-state index in [1.807, 2.05) is 0 Å². The molecule has 21 heavy (non-hydrogen) atoms. The van der Waals surface area contributed by atoms with Gasteiger partial charge in [0.1, 0.15) is 0 Å². The number of benzene rings is 1. The Hall–Kier alpha value is -0.780. The summed E-state index contributed by atoms with van der Waals surface area (Å²) in [5, 5.41) is 6.76. The average Bonchev–Trinajstić information content (AvgIpc) is 2.44. The molecule has 0 aromatic heterocycles. The summed E-state index contributed by atoms with van der Waals surface area (Å²) in [6.45, 7) is 10.5. The summed E-state index contributed by atoms with van der Waals surface area (Å²) >= 11 is 0. The Balaban J connectivity index is 0.00000400. The monoisotopic (exact) mass is 403 g/mol. The van der Waals surface area contributed by atoms with E-state index in [9.17, 15) is 0 Å². The van der Waals surface area contributed by atoms with E-state index >= 15 is 0 Å². The zero-order chi connectivity index (χ0) is 14.8. The topological polar surface area (TPSA) is 36.4 Å². The highest BCUT2D eigenvalue weighted by atomic mass is 127. The van der Waals surface area contributed by atoms with E-state index < -0.39 is 0 Å². The van der Waals surface area contributed by atoms with E-state index in [-0.39, 0.29) is 24.0 Å². The minimum Gasteiger partial charge on any atom is -0.357 e. The minimum atomic E-state index is 0. The molecule has 0 radical (unpaired) electrons. The number of aryl methyl sites for hydroxylation is 1. The number of guanidine groups is 1. The fourth-order valence-electron chi connectivity index (χ4n) is 1.82. The van der Waals surface area contributed by atoms with Gasteiger partial charge in [-0.25, -0.2) is 0 Å². The fraction of sp³-hybridized carbons (Fsp3) is 0.588. The van der Waals surface area contributed by atoms with Crippen molar-refractivity contribution in [3.63, 3.8) is 0 Å². The van der Waals surface area contributed by atoms with Gasteiger partial charge in [0, 0.05) is 19.1 Å². The lowest BCUT2D eigenvalue weighted by Crippen LogP contribution is -2.44. The minimum absolute atomic E-state index is 0. The van der Waals surface area contributed by atoms with E-state index in [2.05, 4.69) is 73.7 Å². The van der Waals surface area contributed by atoms with Crippen molar-refractivity contribution in [2.45, 2.75) is 46.6 Å². The highest BCUT2D eigenvalue weighted by Gasteiger charge is 2.08. The molecule has 0 amide bonds. The molecule has 0 aliphatic carbocycles. The number of hydrogen-bond acceptors (Lipinski definition) is 1. The highest BCUT2D eigenvalue weighted by molar-refractivity contribution is 14.0. The first-order chi connectivity index (χ1) is 9.63. The predicted octanol–water partition coefficient (Wildman–Crippen LogP) is 3.84. The van der Waals surface area contributed by atoms with Crippen molar-refractivity contribution in [1.29, 1.82) is 0 Å². The van der Waals surface area contributed by atoms with Gasteiger partial charge in [0.25, 0.3) is 0 Å². The standard InChI is InChI=1S/C17H29N3.HI/c1-5-18-17(20-15(4)14(2)3)19-13-9-12-16-10-7-6-8-11-16;/h6-8,10-11,14-15H,5,9,12-13H2,1-4H3,(H2,18,19,20);1H. The second-order valence-electron chi connectivity index (χ2n) is 5.53. The number of halogens is 1. The predicted molar refractivity (Wildman–Crippen MR) is 104 cm³/mol. The maximum Gasteiger partial charge on any atom is 0.191 e. The summed E-state index contributed by atoms with van der Waals surface area (Å²) in [5.74, 6) is 1.53. The lowest BCUT2D eigenvalue weighted by Gasteiger charge is -2.20. The van der Waals surface area contributed by atoms with E-state index in [1.165, 1.54) is 5.56 Å². The van der Waals surface area contributed by atoms with Crippen LogP contribution in [0, 0.1) is 5.92 Å². The van der Waals surface area contributed by atoms with Crippen molar-refractivity contribution < 1.29 is 0 Å². The summed E-state index contributed by atoms with van der Waals surface area (Å²) in [6, 6.07) is 11.0. The Bertz CT molecular complexity index is 390. The van der Waals surface area contributed by atoms with Crippen LogP contribution in [-0.4, -0.2) is 25.1 Å². The highest BCUT2D eigenvalue weighted by Crippen LogP contribution is 2.03. The van der Waals surface area contributed by atoms with Crippen LogP contribution in [0.15, 0.2) is 35.3 Å². The van der Waals surface area contributed by atoms with Gasteiger partial charge in [0.05, 0.1) is 0 Å². The Labute approximate surface area is 147 Å². The fourth-order valence-corrected chi connectivity index (χ4v) is 1.82. The summed E-state index contributed by atoms with van der Waals surface area (Å²) in [6.07, 6.45) is 2.17. The number of rotatable bonds is 7. The molecule has 1 aromatic carbocycles. The second kappa shape index (κ2) is 11.8. The molecule has 0 aliphatic rings. The van der Waals surface area contributed by atoms with Crippen LogP contribution in [-0.2, 0) is 6.42 Å². The first kappa shape index (κ1) is 20.2. The van der Waals surface area contributed by atoms with E-state index in [0.29, 0.717) is 12.0 Å². The van der Waals surface area contributed by atoms with Crippen molar-refractivity contribution in [1.82, 2.24) is 10.6 Å². The smallest absolute Gasteiger partial charge is 0.191 e. The number of hydrogen-bond donors (Lipinski definition) is 2. The normalized spacial score (nSPS) is 12.7. The molecule has 0 fully saturated rings. The molecular formula is C17H30IN3. The van der Waals surface area contributed by atoms with Gasteiger partial charge < -0.3 is 10.6 Å². The third-order valence-electron chi connectivity index (χ3n) is 3.44. The first-order valence-corrected chi connectivity index (χ1v) is 7.72. The van der Waals surface area contributed by atoms with Crippen molar-refractivity contribution in [3.05, 3.63) is 35.9 Å². The summed E-state index contributed by atoms with van der Waals surface area (Å²) in [4.78, 5) is 4.65. The number of aliphatic imine (C=N–C) groups is 1. The van der Waals surface area contributed by atoms with Gasteiger partial charge >= 0.3 is 0 Å². The maximum atomic E-state index is 4.65.